The van der Waals surface area contributed by atoms with Crippen molar-refractivity contribution in [3.63, 3.8) is 0 Å². The van der Waals surface area contributed by atoms with Crippen molar-refractivity contribution in [1.29, 1.82) is 0 Å². The third kappa shape index (κ3) is 2.96. The fourth-order valence-electron chi connectivity index (χ4n) is 1.52. The summed E-state index contributed by atoms with van der Waals surface area (Å²) in [5, 5.41) is 7.15. The number of alkyl halides is 3. The zero-order valence-electron chi connectivity index (χ0n) is 10.3. The molecule has 0 atom stereocenters. The first kappa shape index (κ1) is 14.4. The van der Waals surface area contributed by atoms with Crippen molar-refractivity contribution in [2.45, 2.75) is 13.1 Å². The van der Waals surface area contributed by atoms with Gasteiger partial charge in [0.05, 0.1) is 12.2 Å². The van der Waals surface area contributed by atoms with E-state index in [1.165, 1.54) is 18.2 Å². The number of halogens is 3. The van der Waals surface area contributed by atoms with Crippen LogP contribution < -0.4 is 0 Å². The van der Waals surface area contributed by atoms with Crippen LogP contribution in [0.4, 0.5) is 13.2 Å². The predicted octanol–water partition coefficient (Wildman–Crippen LogP) is 3.40. The fourth-order valence-corrected chi connectivity index (χ4v) is 2.30. The molecule has 0 saturated heterocycles. The van der Waals surface area contributed by atoms with Crippen molar-refractivity contribution in [1.82, 2.24) is 10.2 Å². The highest BCUT2D eigenvalue weighted by atomic mass is 32.1. The smallest absolute Gasteiger partial charge is 0.417 e. The molecule has 0 amide bonds. The molecule has 1 heterocycles. The molecule has 1 aromatic heterocycles. The number of nitrogens with zero attached hydrogens (tertiary/aromatic N) is 2. The average molecular weight is 302 g/mol. The number of benzene rings is 1. The third-order valence-electron chi connectivity index (χ3n) is 2.34. The van der Waals surface area contributed by atoms with Gasteiger partial charge < -0.3 is 4.74 Å². The van der Waals surface area contributed by atoms with Crippen molar-refractivity contribution in [3.8, 4) is 10.6 Å². The Morgan fingerprint density at radius 1 is 1.30 bits per heavy atom. The summed E-state index contributed by atoms with van der Waals surface area (Å²) >= 11 is 0.768. The van der Waals surface area contributed by atoms with Crippen molar-refractivity contribution >= 4 is 17.3 Å². The molecule has 20 heavy (non-hydrogen) atoms. The molecular weight excluding hydrogens is 293 g/mol. The van der Waals surface area contributed by atoms with E-state index >= 15 is 0 Å². The number of carbonyl (C=O) groups is 1. The number of esters is 1. The highest BCUT2D eigenvalue weighted by molar-refractivity contribution is 7.16. The Bertz CT molecular complexity index is 625. The van der Waals surface area contributed by atoms with Gasteiger partial charge in [-0.25, -0.2) is 4.79 Å². The number of carbonyl (C=O) groups excluding carboxylic acids is 1. The lowest BCUT2D eigenvalue weighted by molar-refractivity contribution is -0.137. The molecule has 106 valence electrons. The molecule has 0 bridgehead atoms. The van der Waals surface area contributed by atoms with Gasteiger partial charge in [-0.2, -0.15) is 13.2 Å². The van der Waals surface area contributed by atoms with Gasteiger partial charge in [0.25, 0.3) is 0 Å². The molecule has 0 fully saturated rings. The standard InChI is InChI=1S/C12H9F3N2O2S/c1-2-19-11(18)10-17-16-9(20-10)7-5-3-4-6-8(7)12(13,14)15/h3-6H,2H2,1H3. The molecular formula is C12H9F3N2O2S. The largest absolute Gasteiger partial charge is 0.461 e. The molecule has 0 aliphatic rings. The highest BCUT2D eigenvalue weighted by Gasteiger charge is 2.34. The van der Waals surface area contributed by atoms with Crippen LogP contribution >= 0.6 is 11.3 Å². The van der Waals surface area contributed by atoms with Crippen molar-refractivity contribution in [3.05, 3.63) is 34.8 Å². The van der Waals surface area contributed by atoms with E-state index in [9.17, 15) is 18.0 Å². The summed E-state index contributed by atoms with van der Waals surface area (Å²) in [6, 6.07) is 5.01. The second-order valence-electron chi connectivity index (χ2n) is 3.68. The van der Waals surface area contributed by atoms with Crippen LogP contribution in [-0.2, 0) is 10.9 Å². The summed E-state index contributed by atoms with van der Waals surface area (Å²) in [4.78, 5) is 11.4. The van der Waals surface area contributed by atoms with Crippen molar-refractivity contribution in [2.24, 2.45) is 0 Å². The molecule has 1 aromatic carbocycles. The predicted molar refractivity (Wildman–Crippen MR) is 66.3 cm³/mol. The zero-order chi connectivity index (χ0) is 14.8. The SMILES string of the molecule is CCOC(=O)c1nnc(-c2ccccc2C(F)(F)F)s1. The molecule has 2 aromatic rings. The number of ether oxygens (including phenoxy) is 1. The Labute approximate surface area is 116 Å². The Hall–Kier alpha value is -1.96. The second-order valence-corrected chi connectivity index (χ2v) is 4.65. The number of hydrogen-bond donors (Lipinski definition) is 0. The van der Waals surface area contributed by atoms with Gasteiger partial charge in [0, 0.05) is 5.56 Å². The Balaban J connectivity index is 2.41. The fraction of sp³-hybridized carbons (Fsp3) is 0.250. The van der Waals surface area contributed by atoms with E-state index in [0.717, 1.165) is 17.4 Å². The molecule has 0 saturated carbocycles. The molecule has 8 heteroatoms. The van der Waals surface area contributed by atoms with Crippen LogP contribution in [0.3, 0.4) is 0 Å². The van der Waals surface area contributed by atoms with Crippen LogP contribution in [0.5, 0.6) is 0 Å². The van der Waals surface area contributed by atoms with Gasteiger partial charge in [0.2, 0.25) is 5.01 Å². The normalized spacial score (nSPS) is 11.4. The van der Waals surface area contributed by atoms with Gasteiger partial charge in [-0.15, -0.1) is 10.2 Å². The van der Waals surface area contributed by atoms with Gasteiger partial charge in [0.15, 0.2) is 0 Å². The molecule has 0 spiro atoms. The van der Waals surface area contributed by atoms with Crippen molar-refractivity contribution < 1.29 is 22.7 Å². The number of aromatic nitrogens is 2. The summed E-state index contributed by atoms with van der Waals surface area (Å²) in [5.41, 5.74) is -0.917. The van der Waals surface area contributed by atoms with E-state index in [1.54, 1.807) is 6.92 Å². The maximum Gasteiger partial charge on any atom is 0.417 e. The first-order valence-corrected chi connectivity index (χ1v) is 6.42. The van der Waals surface area contributed by atoms with Crippen LogP contribution in [0.1, 0.15) is 22.3 Å². The minimum absolute atomic E-state index is 0.0287. The lowest BCUT2D eigenvalue weighted by Crippen LogP contribution is -2.06. The number of hydrogen-bond acceptors (Lipinski definition) is 5. The Kier molecular flexibility index (Phi) is 4.03. The summed E-state index contributed by atoms with van der Waals surface area (Å²) in [7, 11) is 0. The molecule has 4 nitrogen and oxygen atoms in total. The van der Waals surface area contributed by atoms with Gasteiger partial charge in [-0.1, -0.05) is 29.5 Å². The highest BCUT2D eigenvalue weighted by Crippen LogP contribution is 2.37. The minimum Gasteiger partial charge on any atom is -0.461 e. The first-order valence-electron chi connectivity index (χ1n) is 5.60. The van der Waals surface area contributed by atoms with Gasteiger partial charge in [-0.05, 0) is 13.0 Å². The topological polar surface area (TPSA) is 52.1 Å². The van der Waals surface area contributed by atoms with Gasteiger partial charge >= 0.3 is 12.1 Å². The van der Waals surface area contributed by atoms with E-state index in [0.29, 0.717) is 0 Å². The molecule has 0 N–H and O–H groups in total. The lowest BCUT2D eigenvalue weighted by Gasteiger charge is -2.09. The van der Waals surface area contributed by atoms with Crippen molar-refractivity contribution in [2.75, 3.05) is 6.61 Å². The lowest BCUT2D eigenvalue weighted by atomic mass is 10.1. The molecule has 0 aliphatic heterocycles. The maximum atomic E-state index is 12.9. The average Bonchev–Trinajstić information content (AvgIpc) is 2.87. The second kappa shape index (κ2) is 5.58. The summed E-state index contributed by atoms with van der Waals surface area (Å²) < 4.78 is 43.4. The Morgan fingerprint density at radius 3 is 2.65 bits per heavy atom. The number of rotatable bonds is 3. The summed E-state index contributed by atoms with van der Waals surface area (Å²) in [6.07, 6.45) is -4.49. The van der Waals surface area contributed by atoms with Gasteiger partial charge in [0.1, 0.15) is 5.01 Å². The maximum absolute atomic E-state index is 12.9. The minimum atomic E-state index is -4.49. The molecule has 0 aliphatic carbocycles. The first-order chi connectivity index (χ1) is 9.43. The van der Waals surface area contributed by atoms with Gasteiger partial charge in [-0.3, -0.25) is 0 Å². The Morgan fingerprint density at radius 2 is 2.00 bits per heavy atom. The van der Waals surface area contributed by atoms with E-state index in [2.05, 4.69) is 10.2 Å². The van der Waals surface area contributed by atoms with E-state index in [1.807, 2.05) is 0 Å². The molecule has 2 rings (SSSR count). The van der Waals surface area contributed by atoms with E-state index in [-0.39, 0.29) is 22.2 Å². The summed E-state index contributed by atoms with van der Waals surface area (Å²) in [5.74, 6) is -0.694. The van der Waals surface area contributed by atoms with Crippen LogP contribution in [0.15, 0.2) is 24.3 Å². The monoisotopic (exact) mass is 302 g/mol. The van der Waals surface area contributed by atoms with Crippen LogP contribution in [-0.4, -0.2) is 22.8 Å². The summed E-state index contributed by atoms with van der Waals surface area (Å²) in [6.45, 7) is 1.78. The van der Waals surface area contributed by atoms with Crippen LogP contribution in [0.2, 0.25) is 0 Å². The van der Waals surface area contributed by atoms with Crippen LogP contribution in [0, 0.1) is 0 Å². The van der Waals surface area contributed by atoms with E-state index in [4.69, 9.17) is 4.74 Å². The molecule has 0 unspecified atom stereocenters. The third-order valence-corrected chi connectivity index (χ3v) is 3.27. The van der Waals surface area contributed by atoms with Crippen LogP contribution in [0.25, 0.3) is 10.6 Å². The quantitative estimate of drug-likeness (QED) is 0.815. The zero-order valence-corrected chi connectivity index (χ0v) is 11.1. The molecule has 0 radical (unpaired) electrons. The van der Waals surface area contributed by atoms with E-state index < -0.39 is 17.7 Å².